The lowest BCUT2D eigenvalue weighted by Crippen LogP contribution is -2.45. The van der Waals surface area contributed by atoms with E-state index < -0.39 is 24.6 Å². The van der Waals surface area contributed by atoms with Gasteiger partial charge < -0.3 is 15.5 Å². The Bertz CT molecular complexity index is 370. The van der Waals surface area contributed by atoms with Crippen LogP contribution in [0.1, 0.15) is 0 Å². The Morgan fingerprint density at radius 2 is 2.00 bits per heavy atom. The first kappa shape index (κ1) is 11.9. The van der Waals surface area contributed by atoms with Crippen LogP contribution in [-0.4, -0.2) is 44.8 Å². The van der Waals surface area contributed by atoms with E-state index in [9.17, 15) is 9.59 Å². The van der Waals surface area contributed by atoms with Crippen LogP contribution in [0.2, 0.25) is 0 Å². The van der Waals surface area contributed by atoms with Crippen LogP contribution < -0.4 is 10.6 Å². The lowest BCUT2D eigenvalue weighted by atomic mass is 10.3. The van der Waals surface area contributed by atoms with Gasteiger partial charge in [-0.1, -0.05) is 0 Å². The van der Waals surface area contributed by atoms with Gasteiger partial charge in [0.2, 0.25) is 5.95 Å². The van der Waals surface area contributed by atoms with E-state index >= 15 is 0 Å². The van der Waals surface area contributed by atoms with Gasteiger partial charge >= 0.3 is 12.0 Å². The number of nitrogens with zero attached hydrogens (tertiary/aromatic N) is 2. The number of carbonyl (C=O) groups excluding carboxylic acids is 1. The first-order chi connectivity index (χ1) is 7.63. The fourth-order valence-electron chi connectivity index (χ4n) is 0.845. The summed E-state index contributed by atoms with van der Waals surface area (Å²) >= 11 is 0. The van der Waals surface area contributed by atoms with E-state index in [-0.39, 0.29) is 5.95 Å². The second-order valence-electron chi connectivity index (χ2n) is 2.74. The zero-order chi connectivity index (χ0) is 12.0. The number of carbonyl (C=O) groups is 2. The number of nitrogens with one attached hydrogen (secondary N) is 2. The average molecular weight is 226 g/mol. The van der Waals surface area contributed by atoms with Crippen molar-refractivity contribution in [2.24, 2.45) is 0 Å². The van der Waals surface area contributed by atoms with Crippen molar-refractivity contribution in [3.63, 3.8) is 0 Å². The van der Waals surface area contributed by atoms with Crippen molar-refractivity contribution in [2.75, 3.05) is 11.9 Å². The molecule has 0 saturated carbocycles. The number of urea groups is 1. The summed E-state index contributed by atoms with van der Waals surface area (Å²) in [7, 11) is 0. The molecule has 1 heterocycles. The molecule has 0 aliphatic heterocycles. The van der Waals surface area contributed by atoms with Crippen molar-refractivity contribution in [3.05, 3.63) is 18.5 Å². The number of hydrogen-bond acceptors (Lipinski definition) is 5. The molecule has 8 heteroatoms. The lowest BCUT2D eigenvalue weighted by Gasteiger charge is -2.11. The molecule has 0 fully saturated rings. The molecule has 1 aromatic heterocycles. The normalized spacial score (nSPS) is 11.6. The molecule has 86 valence electrons. The largest absolute Gasteiger partial charge is 0.480 e. The molecule has 1 rings (SSSR count). The third-order valence-electron chi connectivity index (χ3n) is 1.58. The summed E-state index contributed by atoms with van der Waals surface area (Å²) in [5.74, 6) is -1.28. The van der Waals surface area contributed by atoms with Crippen molar-refractivity contribution < 1.29 is 19.8 Å². The minimum atomic E-state index is -1.36. The average Bonchev–Trinajstić information content (AvgIpc) is 2.27. The maximum absolute atomic E-state index is 11.2. The summed E-state index contributed by atoms with van der Waals surface area (Å²) in [6.45, 7) is -0.696. The molecule has 0 aliphatic rings. The number of hydrogen-bond donors (Lipinski definition) is 4. The molecular formula is C8H10N4O4. The second kappa shape index (κ2) is 5.61. The fourth-order valence-corrected chi connectivity index (χ4v) is 0.845. The Morgan fingerprint density at radius 3 is 2.50 bits per heavy atom. The number of carboxylic acids is 1. The first-order valence-corrected chi connectivity index (χ1v) is 4.31. The summed E-state index contributed by atoms with van der Waals surface area (Å²) in [5.41, 5.74) is 0. The molecule has 1 atom stereocenters. The quantitative estimate of drug-likeness (QED) is 0.524. The van der Waals surface area contributed by atoms with Crippen molar-refractivity contribution >= 4 is 17.9 Å². The smallest absolute Gasteiger partial charge is 0.328 e. The van der Waals surface area contributed by atoms with E-state index in [1.165, 1.54) is 12.4 Å². The number of anilines is 1. The minimum Gasteiger partial charge on any atom is -0.480 e. The maximum Gasteiger partial charge on any atom is 0.328 e. The van der Waals surface area contributed by atoms with Gasteiger partial charge in [0.1, 0.15) is 0 Å². The van der Waals surface area contributed by atoms with Crippen LogP contribution in [0.15, 0.2) is 18.5 Å². The zero-order valence-electron chi connectivity index (χ0n) is 8.12. The maximum atomic E-state index is 11.2. The Balaban J connectivity index is 2.50. The fraction of sp³-hybridized carbons (Fsp3) is 0.250. The third-order valence-corrected chi connectivity index (χ3v) is 1.58. The summed E-state index contributed by atoms with van der Waals surface area (Å²) in [6, 6.07) is -0.590. The molecule has 0 aliphatic carbocycles. The van der Waals surface area contributed by atoms with Gasteiger partial charge in [-0.2, -0.15) is 0 Å². The van der Waals surface area contributed by atoms with E-state index in [0.717, 1.165) is 0 Å². The molecule has 0 unspecified atom stereocenters. The minimum absolute atomic E-state index is 0.0436. The highest BCUT2D eigenvalue weighted by Gasteiger charge is 2.18. The Morgan fingerprint density at radius 1 is 1.38 bits per heavy atom. The van der Waals surface area contributed by atoms with E-state index in [1.54, 1.807) is 6.07 Å². The summed E-state index contributed by atoms with van der Waals surface area (Å²) < 4.78 is 0. The van der Waals surface area contributed by atoms with Crippen LogP contribution in [0.4, 0.5) is 10.7 Å². The van der Waals surface area contributed by atoms with E-state index in [2.05, 4.69) is 15.3 Å². The molecule has 0 radical (unpaired) electrons. The van der Waals surface area contributed by atoms with Crippen molar-refractivity contribution in [1.29, 1.82) is 0 Å². The van der Waals surface area contributed by atoms with Crippen molar-refractivity contribution in [2.45, 2.75) is 6.04 Å². The highest BCUT2D eigenvalue weighted by molar-refractivity contribution is 5.90. The number of aromatic nitrogens is 2. The highest BCUT2D eigenvalue weighted by atomic mass is 16.4. The SMILES string of the molecule is O=C(Nc1ncccn1)N[C@@H](CO)C(=O)O. The molecule has 0 spiro atoms. The molecule has 0 bridgehead atoms. The van der Waals surface area contributed by atoms with Crippen LogP contribution in [0, 0.1) is 0 Å². The lowest BCUT2D eigenvalue weighted by molar-refractivity contribution is -0.140. The first-order valence-electron chi connectivity index (χ1n) is 4.31. The van der Waals surface area contributed by atoms with Crippen LogP contribution in [0.25, 0.3) is 0 Å². The van der Waals surface area contributed by atoms with Crippen molar-refractivity contribution in [3.8, 4) is 0 Å². The number of aliphatic carboxylic acids is 1. The topological polar surface area (TPSA) is 124 Å². The monoisotopic (exact) mass is 226 g/mol. The van der Waals surface area contributed by atoms with Gasteiger partial charge in [-0.25, -0.2) is 19.6 Å². The zero-order valence-corrected chi connectivity index (χ0v) is 8.12. The van der Waals surface area contributed by atoms with Gasteiger partial charge in [-0.3, -0.25) is 5.32 Å². The van der Waals surface area contributed by atoms with Gasteiger partial charge in [0.05, 0.1) is 6.61 Å². The van der Waals surface area contributed by atoms with Gasteiger partial charge in [-0.15, -0.1) is 0 Å². The van der Waals surface area contributed by atoms with Crippen LogP contribution in [0.5, 0.6) is 0 Å². The van der Waals surface area contributed by atoms with Gasteiger partial charge in [0, 0.05) is 12.4 Å². The predicted octanol–water partition coefficient (Wildman–Crippen LogP) is -0.956. The van der Waals surface area contributed by atoms with E-state index in [4.69, 9.17) is 10.2 Å². The molecule has 8 nitrogen and oxygen atoms in total. The highest BCUT2D eigenvalue weighted by Crippen LogP contribution is 1.93. The second-order valence-corrected chi connectivity index (χ2v) is 2.74. The van der Waals surface area contributed by atoms with Gasteiger partial charge in [0.25, 0.3) is 0 Å². The van der Waals surface area contributed by atoms with Crippen LogP contribution in [0.3, 0.4) is 0 Å². The third kappa shape index (κ3) is 3.50. The molecule has 0 saturated heterocycles. The Labute approximate surface area is 90.3 Å². The number of aliphatic hydroxyl groups is 1. The summed E-state index contributed by atoms with van der Waals surface area (Å²) in [4.78, 5) is 29.1. The van der Waals surface area contributed by atoms with Crippen LogP contribution >= 0.6 is 0 Å². The van der Waals surface area contributed by atoms with Gasteiger partial charge in [0.15, 0.2) is 6.04 Å². The number of amides is 2. The van der Waals surface area contributed by atoms with Crippen molar-refractivity contribution in [1.82, 2.24) is 15.3 Å². The molecular weight excluding hydrogens is 216 g/mol. The molecule has 0 aromatic carbocycles. The number of aliphatic hydroxyl groups excluding tert-OH is 1. The summed E-state index contributed by atoms with van der Waals surface area (Å²) in [5, 5.41) is 21.5. The van der Waals surface area contributed by atoms with Crippen LogP contribution in [-0.2, 0) is 4.79 Å². The molecule has 2 amide bonds. The predicted molar refractivity (Wildman–Crippen MR) is 52.7 cm³/mol. The Hall–Kier alpha value is -2.22. The molecule has 16 heavy (non-hydrogen) atoms. The Kier molecular flexibility index (Phi) is 4.16. The summed E-state index contributed by atoms with van der Waals surface area (Å²) in [6.07, 6.45) is 2.84. The standard InChI is InChI=1S/C8H10N4O4/c13-4-5(6(14)15)11-8(16)12-7-9-2-1-3-10-7/h1-3,5,13H,4H2,(H,14,15)(H2,9,10,11,12,16)/t5-/m0/s1. The van der Waals surface area contributed by atoms with E-state index in [0.29, 0.717) is 0 Å². The number of carboxylic acid groups (broad SMARTS) is 1. The van der Waals surface area contributed by atoms with E-state index in [1.807, 2.05) is 5.32 Å². The molecule has 1 aromatic rings. The van der Waals surface area contributed by atoms with Gasteiger partial charge in [-0.05, 0) is 6.07 Å². The number of rotatable bonds is 4. The molecule has 4 N–H and O–H groups in total.